The second kappa shape index (κ2) is 9.08. The Bertz CT molecular complexity index is 1100. The van der Waals surface area contributed by atoms with Crippen molar-refractivity contribution in [2.75, 3.05) is 17.1 Å². The van der Waals surface area contributed by atoms with E-state index in [9.17, 15) is 26.4 Å². The van der Waals surface area contributed by atoms with Gasteiger partial charge in [-0.05, 0) is 68.1 Å². The van der Waals surface area contributed by atoms with Crippen molar-refractivity contribution in [2.24, 2.45) is 0 Å². The number of nitrogens with zero attached hydrogens (tertiary/aromatic N) is 1. The van der Waals surface area contributed by atoms with E-state index in [1.807, 2.05) is 32.9 Å². The maximum absolute atomic E-state index is 13.2. The minimum Gasteiger partial charge on any atom is -0.348 e. The number of carbonyl (C=O) groups is 1. The Morgan fingerprint density at radius 1 is 1.10 bits per heavy atom. The SMILES string of the molecule is Cc1cc(C)c(C(C)NC(=O)CN(c2ccc(Cl)c(C(F)(F)F)c2)S(C)(=O)=O)cc1C. The zero-order valence-electron chi connectivity index (χ0n) is 17.8. The van der Waals surface area contributed by atoms with Gasteiger partial charge in [-0.2, -0.15) is 13.2 Å². The smallest absolute Gasteiger partial charge is 0.348 e. The molecule has 2 aromatic carbocycles. The fraction of sp³-hybridized carbons (Fsp3) is 0.381. The van der Waals surface area contributed by atoms with E-state index in [0.717, 1.165) is 40.6 Å². The first-order valence-electron chi connectivity index (χ1n) is 9.33. The highest BCUT2D eigenvalue weighted by atomic mass is 35.5. The topological polar surface area (TPSA) is 66.5 Å². The van der Waals surface area contributed by atoms with Crippen LogP contribution in [0.3, 0.4) is 0 Å². The summed E-state index contributed by atoms with van der Waals surface area (Å²) >= 11 is 5.61. The lowest BCUT2D eigenvalue weighted by Crippen LogP contribution is -2.41. The van der Waals surface area contributed by atoms with Gasteiger partial charge >= 0.3 is 6.18 Å². The van der Waals surface area contributed by atoms with E-state index in [-0.39, 0.29) is 5.69 Å². The summed E-state index contributed by atoms with van der Waals surface area (Å²) < 4.78 is 64.6. The Kier molecular flexibility index (Phi) is 7.32. The third-order valence-corrected chi connectivity index (χ3v) is 6.43. The average molecular weight is 477 g/mol. The Balaban J connectivity index is 2.30. The fourth-order valence-electron chi connectivity index (χ4n) is 3.23. The van der Waals surface area contributed by atoms with Crippen LogP contribution in [-0.2, 0) is 21.0 Å². The van der Waals surface area contributed by atoms with Gasteiger partial charge in [0.1, 0.15) is 6.54 Å². The van der Waals surface area contributed by atoms with Crippen LogP contribution in [0.4, 0.5) is 18.9 Å². The van der Waals surface area contributed by atoms with Crippen LogP contribution in [0.2, 0.25) is 5.02 Å². The van der Waals surface area contributed by atoms with Crippen molar-refractivity contribution in [3.8, 4) is 0 Å². The van der Waals surface area contributed by atoms with E-state index in [4.69, 9.17) is 11.6 Å². The molecule has 0 aliphatic heterocycles. The van der Waals surface area contributed by atoms with Crippen LogP contribution < -0.4 is 9.62 Å². The molecule has 0 spiro atoms. The molecule has 31 heavy (non-hydrogen) atoms. The van der Waals surface area contributed by atoms with Gasteiger partial charge in [0, 0.05) is 0 Å². The van der Waals surface area contributed by atoms with Crippen LogP contribution in [0, 0.1) is 20.8 Å². The quantitative estimate of drug-likeness (QED) is 0.643. The number of halogens is 4. The predicted octanol–water partition coefficient (Wildman–Crippen LogP) is 4.93. The Labute approximate surface area is 185 Å². The molecule has 0 fully saturated rings. The monoisotopic (exact) mass is 476 g/mol. The standard InChI is InChI=1S/C21H24ClF3N2O3S/c1-12-8-14(3)17(9-13(12)2)15(4)26-20(28)11-27(31(5,29)30)16-6-7-19(22)18(10-16)21(23,24)25/h6-10,15H,11H2,1-5H3,(H,26,28). The number of carbonyl (C=O) groups excluding carboxylic acids is 1. The first kappa shape index (κ1) is 25.0. The molecular formula is C21H24ClF3N2O3S. The highest BCUT2D eigenvalue weighted by Gasteiger charge is 2.34. The summed E-state index contributed by atoms with van der Waals surface area (Å²) in [5, 5.41) is 2.16. The van der Waals surface area contributed by atoms with Gasteiger partial charge in [0.15, 0.2) is 0 Å². The molecule has 5 nitrogen and oxygen atoms in total. The molecule has 1 N–H and O–H groups in total. The largest absolute Gasteiger partial charge is 0.417 e. The van der Waals surface area contributed by atoms with Crippen molar-refractivity contribution in [1.82, 2.24) is 5.32 Å². The second-order valence-electron chi connectivity index (χ2n) is 7.51. The van der Waals surface area contributed by atoms with Gasteiger partial charge in [0.05, 0.1) is 28.6 Å². The van der Waals surface area contributed by atoms with Gasteiger partial charge in [-0.1, -0.05) is 23.7 Å². The first-order valence-corrected chi connectivity index (χ1v) is 11.6. The van der Waals surface area contributed by atoms with Gasteiger partial charge < -0.3 is 5.32 Å². The van der Waals surface area contributed by atoms with Crippen LogP contribution in [0.5, 0.6) is 0 Å². The van der Waals surface area contributed by atoms with Crippen LogP contribution in [0.1, 0.15) is 40.8 Å². The van der Waals surface area contributed by atoms with Gasteiger partial charge in [0.25, 0.3) is 0 Å². The average Bonchev–Trinajstić information content (AvgIpc) is 2.61. The van der Waals surface area contributed by atoms with Gasteiger partial charge in [-0.25, -0.2) is 8.42 Å². The molecule has 1 unspecified atom stereocenters. The molecule has 170 valence electrons. The lowest BCUT2D eigenvalue weighted by atomic mass is 9.96. The number of hydrogen-bond donors (Lipinski definition) is 1. The number of alkyl halides is 3. The molecule has 0 radical (unpaired) electrons. The summed E-state index contributed by atoms with van der Waals surface area (Å²) in [6, 6.07) is 6.21. The zero-order chi connectivity index (χ0) is 23.7. The van der Waals surface area contributed by atoms with Crippen molar-refractivity contribution in [2.45, 2.75) is 39.9 Å². The number of benzene rings is 2. The maximum atomic E-state index is 13.2. The summed E-state index contributed by atoms with van der Waals surface area (Å²) in [7, 11) is -4.05. The van der Waals surface area contributed by atoms with Gasteiger partial charge in [-0.3, -0.25) is 9.10 Å². The Morgan fingerprint density at radius 3 is 2.23 bits per heavy atom. The fourth-order valence-corrected chi connectivity index (χ4v) is 4.30. The minimum absolute atomic E-state index is 0.301. The Hall–Kier alpha value is -2.26. The van der Waals surface area contributed by atoms with Crippen molar-refractivity contribution in [1.29, 1.82) is 0 Å². The van der Waals surface area contributed by atoms with Gasteiger partial charge in [0.2, 0.25) is 15.9 Å². The zero-order valence-corrected chi connectivity index (χ0v) is 19.3. The third-order valence-electron chi connectivity index (χ3n) is 4.96. The maximum Gasteiger partial charge on any atom is 0.417 e. The third kappa shape index (κ3) is 6.13. The molecule has 1 amide bonds. The molecule has 1 atom stereocenters. The normalized spacial score (nSPS) is 13.1. The molecular weight excluding hydrogens is 453 g/mol. The molecule has 0 saturated heterocycles. The number of aryl methyl sites for hydroxylation is 3. The summed E-state index contributed by atoms with van der Waals surface area (Å²) in [4.78, 5) is 12.6. The van der Waals surface area contributed by atoms with Crippen molar-refractivity contribution in [3.63, 3.8) is 0 Å². The highest BCUT2D eigenvalue weighted by molar-refractivity contribution is 7.92. The first-order chi connectivity index (χ1) is 14.1. The van der Waals surface area contributed by atoms with Crippen molar-refractivity contribution in [3.05, 3.63) is 63.2 Å². The van der Waals surface area contributed by atoms with E-state index in [1.54, 1.807) is 6.92 Å². The number of amides is 1. The van der Waals surface area contributed by atoms with Crippen LogP contribution in [-0.4, -0.2) is 27.1 Å². The van der Waals surface area contributed by atoms with E-state index in [2.05, 4.69) is 5.32 Å². The molecule has 10 heteroatoms. The molecule has 0 aliphatic carbocycles. The second-order valence-corrected chi connectivity index (χ2v) is 9.83. The van der Waals surface area contributed by atoms with E-state index in [1.165, 1.54) is 0 Å². The van der Waals surface area contributed by atoms with Crippen LogP contribution in [0.25, 0.3) is 0 Å². The molecule has 2 rings (SSSR count). The van der Waals surface area contributed by atoms with Gasteiger partial charge in [-0.15, -0.1) is 0 Å². The lowest BCUT2D eigenvalue weighted by molar-refractivity contribution is -0.137. The van der Waals surface area contributed by atoms with E-state index < -0.39 is 45.3 Å². The highest BCUT2D eigenvalue weighted by Crippen LogP contribution is 2.37. The number of nitrogens with one attached hydrogen (secondary N) is 1. The van der Waals surface area contributed by atoms with Crippen LogP contribution in [0.15, 0.2) is 30.3 Å². The summed E-state index contributed by atoms with van der Waals surface area (Å²) in [6.45, 7) is 6.90. The molecule has 0 bridgehead atoms. The lowest BCUT2D eigenvalue weighted by Gasteiger charge is -2.25. The molecule has 0 heterocycles. The molecule has 2 aromatic rings. The van der Waals surface area contributed by atoms with Crippen molar-refractivity contribution >= 4 is 33.2 Å². The Morgan fingerprint density at radius 2 is 1.68 bits per heavy atom. The minimum atomic E-state index is -4.77. The van der Waals surface area contributed by atoms with Crippen LogP contribution >= 0.6 is 11.6 Å². The summed E-state index contributed by atoms with van der Waals surface area (Å²) in [6.07, 6.45) is -3.95. The summed E-state index contributed by atoms with van der Waals surface area (Å²) in [5.41, 5.74) is 2.49. The number of sulfonamides is 1. The molecule has 0 aromatic heterocycles. The van der Waals surface area contributed by atoms with E-state index >= 15 is 0 Å². The molecule has 0 saturated carbocycles. The number of anilines is 1. The molecule has 0 aliphatic rings. The van der Waals surface area contributed by atoms with E-state index in [0.29, 0.717) is 10.4 Å². The number of rotatable bonds is 6. The predicted molar refractivity (Wildman–Crippen MR) is 116 cm³/mol. The summed E-state index contributed by atoms with van der Waals surface area (Å²) in [5.74, 6) is -0.654. The number of hydrogen-bond acceptors (Lipinski definition) is 3. The van der Waals surface area contributed by atoms with Crippen molar-refractivity contribution < 1.29 is 26.4 Å².